The highest BCUT2D eigenvalue weighted by Crippen LogP contribution is 2.41. The largest absolute Gasteiger partial charge is 0.416 e. The lowest BCUT2D eigenvalue weighted by Gasteiger charge is -2.20. The Morgan fingerprint density at radius 2 is 1.76 bits per heavy atom. The minimum Gasteiger partial charge on any atom is -0.368 e. The molecule has 110 valence electrons. The number of fused-ring (bicyclic) bond motifs is 1. The van der Waals surface area contributed by atoms with Crippen LogP contribution in [0.1, 0.15) is 17.4 Å². The molecule has 1 N–H and O–H groups in total. The van der Waals surface area contributed by atoms with Gasteiger partial charge in [0.15, 0.2) is 17.2 Å². The van der Waals surface area contributed by atoms with Crippen molar-refractivity contribution < 1.29 is 22.5 Å². The van der Waals surface area contributed by atoms with Crippen LogP contribution >= 0.6 is 0 Å². The molecule has 3 rings (SSSR count). The zero-order chi connectivity index (χ0) is 15.2. The first-order valence-corrected chi connectivity index (χ1v) is 7.15. The van der Waals surface area contributed by atoms with E-state index in [0.717, 1.165) is 12.1 Å². The van der Waals surface area contributed by atoms with Crippen LogP contribution in [0.5, 0.6) is 0 Å². The van der Waals surface area contributed by atoms with Gasteiger partial charge in [-0.25, -0.2) is 4.21 Å². The number of halogens is 3. The molecule has 0 radical (unpaired) electrons. The van der Waals surface area contributed by atoms with E-state index in [9.17, 15) is 22.5 Å². The quantitative estimate of drug-likeness (QED) is 0.878. The maximum absolute atomic E-state index is 12.7. The number of para-hydroxylation sites is 1. The Kier molecular flexibility index (Phi) is 3.26. The summed E-state index contributed by atoms with van der Waals surface area (Å²) in [6.07, 6.45) is -5.74. The van der Waals surface area contributed by atoms with Gasteiger partial charge in [0.25, 0.3) is 0 Å². The molecule has 0 bridgehead atoms. The molecule has 0 fully saturated rings. The highest BCUT2D eigenvalue weighted by atomic mass is 32.2. The average molecular weight is 313 g/mol. The fourth-order valence-corrected chi connectivity index (χ4v) is 3.63. The standard InChI is InChI=1S/C14H10F3NO2S/c15-14(16,17)9-6-7-11-12(8-9)21(20)18(13(11)19)10-4-2-1-3-5-10/h1-8,13,19H. The van der Waals surface area contributed by atoms with Crippen molar-refractivity contribution in [2.24, 2.45) is 0 Å². The number of hydrogen-bond acceptors (Lipinski definition) is 2. The highest BCUT2D eigenvalue weighted by molar-refractivity contribution is 7.86. The summed E-state index contributed by atoms with van der Waals surface area (Å²) < 4.78 is 51.8. The molecule has 0 aromatic heterocycles. The second-order valence-electron chi connectivity index (χ2n) is 4.53. The van der Waals surface area contributed by atoms with Crippen molar-refractivity contribution in [2.75, 3.05) is 4.31 Å². The Bertz CT molecular complexity index is 703. The van der Waals surface area contributed by atoms with Gasteiger partial charge in [-0.3, -0.25) is 4.31 Å². The van der Waals surface area contributed by atoms with Crippen LogP contribution in [0.4, 0.5) is 18.9 Å². The van der Waals surface area contributed by atoms with E-state index >= 15 is 0 Å². The van der Waals surface area contributed by atoms with Gasteiger partial charge in [-0.05, 0) is 24.3 Å². The lowest BCUT2D eigenvalue weighted by Crippen LogP contribution is -2.23. The van der Waals surface area contributed by atoms with Crippen LogP contribution in [-0.2, 0) is 17.2 Å². The zero-order valence-electron chi connectivity index (χ0n) is 10.5. The molecule has 2 atom stereocenters. The smallest absolute Gasteiger partial charge is 0.368 e. The van der Waals surface area contributed by atoms with Crippen LogP contribution in [0.25, 0.3) is 0 Å². The van der Waals surface area contributed by atoms with Gasteiger partial charge in [0.05, 0.1) is 16.1 Å². The summed E-state index contributed by atoms with van der Waals surface area (Å²) in [5, 5.41) is 10.2. The molecule has 7 heteroatoms. The van der Waals surface area contributed by atoms with Crippen molar-refractivity contribution in [3.8, 4) is 0 Å². The monoisotopic (exact) mass is 313 g/mol. The maximum Gasteiger partial charge on any atom is 0.416 e. The minimum absolute atomic E-state index is 0.0128. The molecular formula is C14H10F3NO2S. The van der Waals surface area contributed by atoms with Crippen molar-refractivity contribution in [1.29, 1.82) is 0 Å². The van der Waals surface area contributed by atoms with E-state index in [0.29, 0.717) is 5.69 Å². The Labute approximate surface area is 121 Å². The minimum atomic E-state index is -4.51. The van der Waals surface area contributed by atoms with E-state index in [1.54, 1.807) is 30.3 Å². The molecule has 2 aromatic carbocycles. The van der Waals surface area contributed by atoms with E-state index in [1.807, 2.05) is 0 Å². The van der Waals surface area contributed by atoms with Gasteiger partial charge in [-0.2, -0.15) is 13.2 Å². The number of rotatable bonds is 1. The number of hydrogen-bond donors (Lipinski definition) is 1. The third-order valence-electron chi connectivity index (χ3n) is 3.22. The van der Waals surface area contributed by atoms with Crippen molar-refractivity contribution in [3.05, 3.63) is 59.7 Å². The van der Waals surface area contributed by atoms with Crippen molar-refractivity contribution in [2.45, 2.75) is 17.3 Å². The van der Waals surface area contributed by atoms with Gasteiger partial charge in [-0.1, -0.05) is 24.3 Å². The molecular weight excluding hydrogens is 303 g/mol. The maximum atomic E-state index is 12.7. The molecule has 2 aromatic rings. The molecule has 3 nitrogen and oxygen atoms in total. The summed E-state index contributed by atoms with van der Waals surface area (Å²) >= 11 is 0. The van der Waals surface area contributed by atoms with E-state index in [2.05, 4.69) is 0 Å². The Balaban J connectivity index is 2.07. The fourth-order valence-electron chi connectivity index (χ4n) is 2.21. The van der Waals surface area contributed by atoms with Crippen LogP contribution in [-0.4, -0.2) is 9.32 Å². The lowest BCUT2D eigenvalue weighted by molar-refractivity contribution is -0.137. The van der Waals surface area contributed by atoms with Crippen LogP contribution in [0.3, 0.4) is 0 Å². The Hall–Kier alpha value is -1.86. The molecule has 0 saturated heterocycles. The van der Waals surface area contributed by atoms with E-state index in [1.165, 1.54) is 10.4 Å². The number of alkyl halides is 3. The second kappa shape index (κ2) is 4.85. The first-order chi connectivity index (χ1) is 9.89. The number of nitrogens with zero attached hydrogens (tertiary/aromatic N) is 1. The van der Waals surface area contributed by atoms with Gasteiger partial charge >= 0.3 is 6.18 Å². The second-order valence-corrected chi connectivity index (χ2v) is 5.87. The summed E-state index contributed by atoms with van der Waals surface area (Å²) in [5.41, 5.74) is -0.171. The van der Waals surface area contributed by atoms with Crippen molar-refractivity contribution >= 4 is 16.7 Å². The molecule has 0 spiro atoms. The first kappa shape index (κ1) is 14.1. The summed E-state index contributed by atoms with van der Waals surface area (Å²) in [4.78, 5) is -0.0128. The molecule has 2 unspecified atom stereocenters. The zero-order valence-corrected chi connectivity index (χ0v) is 11.4. The third kappa shape index (κ3) is 2.32. The molecule has 0 saturated carbocycles. The third-order valence-corrected chi connectivity index (χ3v) is 4.72. The van der Waals surface area contributed by atoms with Crippen LogP contribution in [0.15, 0.2) is 53.4 Å². The van der Waals surface area contributed by atoms with Gasteiger partial charge in [0, 0.05) is 5.56 Å². The summed E-state index contributed by atoms with van der Waals surface area (Å²) in [6, 6.07) is 11.3. The van der Waals surface area contributed by atoms with E-state index < -0.39 is 29.0 Å². The van der Waals surface area contributed by atoms with Crippen LogP contribution in [0, 0.1) is 0 Å². The summed E-state index contributed by atoms with van der Waals surface area (Å²) in [7, 11) is -1.88. The van der Waals surface area contributed by atoms with Gasteiger partial charge in [0.1, 0.15) is 0 Å². The van der Waals surface area contributed by atoms with Crippen molar-refractivity contribution in [3.63, 3.8) is 0 Å². The predicted octanol–water partition coefficient (Wildman–Crippen LogP) is 3.24. The van der Waals surface area contributed by atoms with Gasteiger partial charge < -0.3 is 5.11 Å². The summed E-state index contributed by atoms with van der Waals surface area (Å²) in [6.45, 7) is 0. The first-order valence-electron chi connectivity index (χ1n) is 6.05. The SMILES string of the molecule is O=S1c2cc(C(F)(F)F)ccc2C(O)N1c1ccccc1. The molecule has 21 heavy (non-hydrogen) atoms. The Morgan fingerprint density at radius 3 is 2.38 bits per heavy atom. The normalized spacial score (nSPS) is 21.4. The molecule has 0 amide bonds. The molecule has 1 heterocycles. The highest BCUT2D eigenvalue weighted by Gasteiger charge is 2.39. The van der Waals surface area contributed by atoms with Crippen LogP contribution < -0.4 is 4.31 Å². The fraction of sp³-hybridized carbons (Fsp3) is 0.143. The number of aliphatic hydroxyl groups excluding tert-OH is 1. The summed E-state index contributed by atoms with van der Waals surface area (Å²) in [5.74, 6) is 0. The van der Waals surface area contributed by atoms with E-state index in [-0.39, 0.29) is 10.5 Å². The number of anilines is 1. The number of aliphatic hydroxyl groups is 1. The van der Waals surface area contributed by atoms with E-state index in [4.69, 9.17) is 0 Å². The topological polar surface area (TPSA) is 40.5 Å². The van der Waals surface area contributed by atoms with Gasteiger partial charge in [-0.15, -0.1) is 0 Å². The Morgan fingerprint density at radius 1 is 1.10 bits per heavy atom. The predicted molar refractivity (Wildman–Crippen MR) is 71.7 cm³/mol. The van der Waals surface area contributed by atoms with Crippen LogP contribution in [0.2, 0.25) is 0 Å². The van der Waals surface area contributed by atoms with Gasteiger partial charge in [0.2, 0.25) is 0 Å². The molecule has 0 aliphatic carbocycles. The lowest BCUT2D eigenvalue weighted by atomic mass is 10.1. The molecule has 1 aliphatic heterocycles. The average Bonchev–Trinajstić information content (AvgIpc) is 2.70. The molecule has 1 aliphatic rings. The number of benzene rings is 2. The van der Waals surface area contributed by atoms with Crippen molar-refractivity contribution in [1.82, 2.24) is 0 Å².